The standard InChI is InChI=1S/C25H21NO9S3/c27-20-6-12-24(13-7-20)37(30,31)35-22-10-16-25(17-11-22)38(32,33)34-21-8-14-23(15-9-21)36(28,29)26-18-19-4-2-1-3-5-19/h1-17,26-27H,18H2. The van der Waals surface area contributed by atoms with Gasteiger partial charge in [0.25, 0.3) is 0 Å². The Morgan fingerprint density at radius 3 is 1.45 bits per heavy atom. The third-order valence-electron chi connectivity index (χ3n) is 5.09. The molecule has 0 aliphatic heterocycles. The number of hydrogen-bond acceptors (Lipinski definition) is 9. The summed E-state index contributed by atoms with van der Waals surface area (Å²) in [7, 11) is -12.4. The van der Waals surface area contributed by atoms with Gasteiger partial charge in [0.1, 0.15) is 27.0 Å². The zero-order valence-electron chi connectivity index (χ0n) is 19.5. The van der Waals surface area contributed by atoms with Gasteiger partial charge in [-0.15, -0.1) is 0 Å². The first-order valence-corrected chi connectivity index (χ1v) is 15.2. The maximum absolute atomic E-state index is 12.7. The molecule has 0 saturated carbocycles. The van der Waals surface area contributed by atoms with Crippen molar-refractivity contribution in [1.82, 2.24) is 4.72 Å². The summed E-state index contributed by atoms with van der Waals surface area (Å²) in [5.74, 6) is -0.383. The molecule has 4 aromatic carbocycles. The van der Waals surface area contributed by atoms with Gasteiger partial charge in [0, 0.05) is 6.54 Å². The topological polar surface area (TPSA) is 153 Å². The molecular weight excluding hydrogens is 554 g/mol. The highest BCUT2D eigenvalue weighted by molar-refractivity contribution is 7.89. The first kappa shape index (κ1) is 27.1. The average Bonchev–Trinajstić information content (AvgIpc) is 2.89. The summed E-state index contributed by atoms with van der Waals surface area (Å²) >= 11 is 0. The number of nitrogens with one attached hydrogen (secondary N) is 1. The molecule has 0 bridgehead atoms. The van der Waals surface area contributed by atoms with E-state index in [9.17, 15) is 30.4 Å². The molecule has 13 heteroatoms. The molecule has 0 radical (unpaired) electrons. The highest BCUT2D eigenvalue weighted by atomic mass is 32.2. The molecule has 38 heavy (non-hydrogen) atoms. The number of rotatable bonds is 10. The first-order chi connectivity index (χ1) is 17.9. The van der Waals surface area contributed by atoms with Gasteiger partial charge in [0.2, 0.25) is 10.0 Å². The van der Waals surface area contributed by atoms with Crippen LogP contribution in [0.25, 0.3) is 0 Å². The van der Waals surface area contributed by atoms with Crippen LogP contribution in [-0.4, -0.2) is 30.4 Å². The van der Waals surface area contributed by atoms with Crippen LogP contribution in [0, 0.1) is 0 Å². The van der Waals surface area contributed by atoms with Crippen LogP contribution in [0.15, 0.2) is 118 Å². The molecule has 4 rings (SSSR count). The van der Waals surface area contributed by atoms with Gasteiger partial charge in [-0.2, -0.15) is 16.8 Å². The highest BCUT2D eigenvalue weighted by Gasteiger charge is 2.21. The van der Waals surface area contributed by atoms with Gasteiger partial charge in [-0.3, -0.25) is 0 Å². The smallest absolute Gasteiger partial charge is 0.339 e. The summed E-state index contributed by atoms with van der Waals surface area (Å²) in [5.41, 5.74) is 0.775. The van der Waals surface area contributed by atoms with Gasteiger partial charge in [-0.05, 0) is 78.4 Å². The summed E-state index contributed by atoms with van der Waals surface area (Å²) in [6, 6.07) is 23.0. The molecule has 0 aliphatic rings. The molecule has 0 heterocycles. The second-order valence-corrected chi connectivity index (χ2v) is 12.7. The number of benzene rings is 4. The predicted molar refractivity (Wildman–Crippen MR) is 137 cm³/mol. The van der Waals surface area contributed by atoms with Crippen LogP contribution in [0.5, 0.6) is 17.2 Å². The van der Waals surface area contributed by atoms with Crippen LogP contribution >= 0.6 is 0 Å². The Morgan fingerprint density at radius 1 is 0.553 bits per heavy atom. The molecule has 0 fully saturated rings. The van der Waals surface area contributed by atoms with Crippen molar-refractivity contribution in [3.05, 3.63) is 109 Å². The largest absolute Gasteiger partial charge is 0.508 e. The number of hydrogen-bond donors (Lipinski definition) is 2. The van der Waals surface area contributed by atoms with Crippen LogP contribution in [0.3, 0.4) is 0 Å². The van der Waals surface area contributed by atoms with Crippen molar-refractivity contribution in [2.45, 2.75) is 21.2 Å². The maximum Gasteiger partial charge on any atom is 0.339 e. The van der Waals surface area contributed by atoms with E-state index >= 15 is 0 Å². The Balaban J connectivity index is 1.41. The molecule has 0 atom stereocenters. The van der Waals surface area contributed by atoms with Crippen molar-refractivity contribution in [2.24, 2.45) is 0 Å². The van der Waals surface area contributed by atoms with E-state index in [1.807, 2.05) is 6.07 Å². The molecule has 10 nitrogen and oxygen atoms in total. The summed E-state index contributed by atoms with van der Waals surface area (Å²) in [6.07, 6.45) is 0. The molecule has 0 spiro atoms. The lowest BCUT2D eigenvalue weighted by atomic mass is 10.2. The summed E-state index contributed by atoms with van der Waals surface area (Å²) < 4.78 is 87.6. The molecule has 4 aromatic rings. The lowest BCUT2D eigenvalue weighted by Gasteiger charge is -2.10. The van der Waals surface area contributed by atoms with E-state index in [4.69, 9.17) is 8.37 Å². The fraction of sp³-hybridized carbons (Fsp3) is 0.0400. The summed E-state index contributed by atoms with van der Waals surface area (Å²) in [5, 5.41) is 9.30. The lowest BCUT2D eigenvalue weighted by molar-refractivity contribution is 0.473. The van der Waals surface area contributed by atoms with E-state index in [-0.39, 0.29) is 38.5 Å². The third-order valence-corrected chi connectivity index (χ3v) is 9.03. The Hall–Kier alpha value is -3.91. The second-order valence-electron chi connectivity index (χ2n) is 7.82. The van der Waals surface area contributed by atoms with Gasteiger partial charge < -0.3 is 13.5 Å². The van der Waals surface area contributed by atoms with Crippen LogP contribution in [-0.2, 0) is 36.8 Å². The van der Waals surface area contributed by atoms with Crippen molar-refractivity contribution in [3.63, 3.8) is 0 Å². The minimum atomic E-state index is -4.32. The highest BCUT2D eigenvalue weighted by Crippen LogP contribution is 2.25. The van der Waals surface area contributed by atoms with Crippen LogP contribution in [0.1, 0.15) is 5.56 Å². The van der Waals surface area contributed by atoms with E-state index in [0.29, 0.717) is 0 Å². The van der Waals surface area contributed by atoms with E-state index in [1.165, 1.54) is 36.4 Å². The summed E-state index contributed by atoms with van der Waals surface area (Å²) in [4.78, 5) is -0.557. The lowest BCUT2D eigenvalue weighted by Crippen LogP contribution is -2.23. The number of phenolic OH excluding ortho intramolecular Hbond substituents is 1. The minimum Gasteiger partial charge on any atom is -0.508 e. The number of aromatic hydroxyl groups is 1. The Morgan fingerprint density at radius 2 is 0.974 bits per heavy atom. The Kier molecular flexibility index (Phi) is 7.73. The third kappa shape index (κ3) is 6.69. The van der Waals surface area contributed by atoms with Gasteiger partial charge >= 0.3 is 20.2 Å². The fourth-order valence-electron chi connectivity index (χ4n) is 3.16. The van der Waals surface area contributed by atoms with Crippen molar-refractivity contribution in [3.8, 4) is 17.2 Å². The van der Waals surface area contributed by atoms with Gasteiger partial charge in [-0.25, -0.2) is 13.1 Å². The normalized spacial score (nSPS) is 12.1. The monoisotopic (exact) mass is 575 g/mol. The van der Waals surface area contributed by atoms with Crippen molar-refractivity contribution < 1.29 is 38.7 Å². The number of phenols is 1. The van der Waals surface area contributed by atoms with E-state index in [0.717, 1.165) is 42.0 Å². The predicted octanol–water partition coefficient (Wildman–Crippen LogP) is 3.41. The molecular formula is C25H21NO9S3. The molecule has 0 saturated heterocycles. The van der Waals surface area contributed by atoms with Gasteiger partial charge in [0.05, 0.1) is 4.90 Å². The Labute approximate surface area is 220 Å². The van der Waals surface area contributed by atoms with Gasteiger partial charge in [0.15, 0.2) is 0 Å². The quantitative estimate of drug-likeness (QED) is 0.271. The zero-order valence-corrected chi connectivity index (χ0v) is 21.9. The molecule has 2 N–H and O–H groups in total. The minimum absolute atomic E-state index is 0.0745. The average molecular weight is 576 g/mol. The van der Waals surface area contributed by atoms with E-state index in [2.05, 4.69) is 4.72 Å². The maximum atomic E-state index is 12.7. The molecule has 0 amide bonds. The van der Waals surface area contributed by atoms with E-state index in [1.54, 1.807) is 24.3 Å². The SMILES string of the molecule is O=S(=O)(NCc1ccccc1)c1ccc(OS(=O)(=O)c2ccc(OS(=O)(=O)c3ccc(O)cc3)cc2)cc1. The van der Waals surface area contributed by atoms with Crippen LogP contribution < -0.4 is 13.1 Å². The van der Waals surface area contributed by atoms with Crippen LogP contribution in [0.4, 0.5) is 0 Å². The summed E-state index contributed by atoms with van der Waals surface area (Å²) in [6.45, 7) is 0.0890. The van der Waals surface area contributed by atoms with Gasteiger partial charge in [-0.1, -0.05) is 30.3 Å². The zero-order chi connectivity index (χ0) is 27.4. The Bertz CT molecular complexity index is 1720. The van der Waals surface area contributed by atoms with Crippen molar-refractivity contribution >= 4 is 30.3 Å². The van der Waals surface area contributed by atoms with Crippen molar-refractivity contribution in [1.29, 1.82) is 0 Å². The van der Waals surface area contributed by atoms with Crippen LogP contribution in [0.2, 0.25) is 0 Å². The molecule has 0 unspecified atom stereocenters. The molecule has 0 aromatic heterocycles. The fourth-order valence-corrected chi connectivity index (χ4v) is 6.03. The first-order valence-electron chi connectivity index (χ1n) is 10.9. The second kappa shape index (κ2) is 10.8. The molecule has 198 valence electrons. The molecule has 0 aliphatic carbocycles. The van der Waals surface area contributed by atoms with Crippen molar-refractivity contribution in [2.75, 3.05) is 0 Å². The number of sulfonamides is 1. The van der Waals surface area contributed by atoms with E-state index < -0.39 is 30.3 Å².